The van der Waals surface area contributed by atoms with Gasteiger partial charge in [0.05, 0.1) is 26.4 Å². The Labute approximate surface area is 607 Å². The third-order valence-electron chi connectivity index (χ3n) is 19.1. The van der Waals surface area contributed by atoms with Gasteiger partial charge in [-0.05, 0) is 37.5 Å². The van der Waals surface area contributed by atoms with Crippen LogP contribution in [0.3, 0.4) is 0 Å². The van der Waals surface area contributed by atoms with Crippen LogP contribution in [-0.2, 0) is 65.4 Å². The number of phosphoric ester groups is 2. The molecule has 99 heavy (non-hydrogen) atoms. The molecule has 0 bridgehead atoms. The Bertz CT molecular complexity index is 1910. The summed E-state index contributed by atoms with van der Waals surface area (Å²) in [5.41, 5.74) is 0. The summed E-state index contributed by atoms with van der Waals surface area (Å²) in [5, 5.41) is 10.6. The van der Waals surface area contributed by atoms with Crippen LogP contribution >= 0.6 is 15.6 Å². The van der Waals surface area contributed by atoms with Crippen LogP contribution in [0.15, 0.2) is 0 Å². The predicted molar refractivity (Wildman–Crippen MR) is 405 cm³/mol. The van der Waals surface area contributed by atoms with Crippen molar-refractivity contribution in [3.05, 3.63) is 0 Å². The van der Waals surface area contributed by atoms with Gasteiger partial charge in [0.1, 0.15) is 19.3 Å². The topological polar surface area (TPSA) is 237 Å². The lowest BCUT2D eigenvalue weighted by Crippen LogP contribution is -2.30. The first kappa shape index (κ1) is 97.1. The van der Waals surface area contributed by atoms with Crippen molar-refractivity contribution in [3.8, 4) is 0 Å². The van der Waals surface area contributed by atoms with Crippen LogP contribution < -0.4 is 0 Å². The third kappa shape index (κ3) is 72.8. The number of carbonyl (C=O) groups is 4. The summed E-state index contributed by atoms with van der Waals surface area (Å²) in [6.07, 6.45) is 61.1. The summed E-state index contributed by atoms with van der Waals surface area (Å²) in [6, 6.07) is 0. The monoisotopic (exact) mass is 1450 g/mol. The van der Waals surface area contributed by atoms with Gasteiger partial charge in [0.2, 0.25) is 0 Å². The molecule has 0 rings (SSSR count). The molecular formula is C80H156O17P2. The second-order valence-electron chi connectivity index (χ2n) is 29.5. The van der Waals surface area contributed by atoms with Crippen molar-refractivity contribution in [2.75, 3.05) is 39.6 Å². The number of rotatable bonds is 79. The lowest BCUT2D eigenvalue weighted by atomic mass is 9.99. The molecular weight excluding hydrogens is 1290 g/mol. The molecule has 0 spiro atoms. The number of phosphoric acid groups is 2. The summed E-state index contributed by atoms with van der Waals surface area (Å²) >= 11 is 0. The van der Waals surface area contributed by atoms with Gasteiger partial charge in [-0.25, -0.2) is 9.13 Å². The number of hydrogen-bond acceptors (Lipinski definition) is 15. The fraction of sp³-hybridized carbons (Fsp3) is 0.950. The zero-order valence-electron chi connectivity index (χ0n) is 64.8. The van der Waals surface area contributed by atoms with Gasteiger partial charge >= 0.3 is 39.5 Å². The highest BCUT2D eigenvalue weighted by atomic mass is 31.2. The quantitative estimate of drug-likeness (QED) is 0.0222. The van der Waals surface area contributed by atoms with E-state index in [9.17, 15) is 43.2 Å². The van der Waals surface area contributed by atoms with E-state index in [1.807, 2.05) is 0 Å². The fourth-order valence-corrected chi connectivity index (χ4v) is 13.9. The summed E-state index contributed by atoms with van der Waals surface area (Å²) < 4.78 is 68.6. The Morgan fingerprint density at radius 2 is 0.515 bits per heavy atom. The Kier molecular flexibility index (Phi) is 70.3. The molecule has 3 N–H and O–H groups in total. The van der Waals surface area contributed by atoms with Crippen molar-refractivity contribution in [1.29, 1.82) is 0 Å². The number of unbranched alkanes of at least 4 members (excludes halogenated alkanes) is 48. The van der Waals surface area contributed by atoms with Crippen molar-refractivity contribution < 1.29 is 80.2 Å². The molecule has 3 unspecified atom stereocenters. The third-order valence-corrected chi connectivity index (χ3v) is 21.0. The summed E-state index contributed by atoms with van der Waals surface area (Å²) in [6.45, 7) is 9.60. The minimum atomic E-state index is -4.96. The van der Waals surface area contributed by atoms with Crippen molar-refractivity contribution in [2.45, 2.75) is 439 Å². The van der Waals surface area contributed by atoms with Crippen LogP contribution in [0.5, 0.6) is 0 Å². The molecule has 19 heteroatoms. The predicted octanol–water partition coefficient (Wildman–Crippen LogP) is 23.9. The highest BCUT2D eigenvalue weighted by Crippen LogP contribution is 2.45. The highest BCUT2D eigenvalue weighted by Gasteiger charge is 2.30. The van der Waals surface area contributed by atoms with E-state index in [1.54, 1.807) is 0 Å². The summed E-state index contributed by atoms with van der Waals surface area (Å²) in [5.74, 6) is -0.582. The molecule has 0 aromatic rings. The second kappa shape index (κ2) is 71.7. The van der Waals surface area contributed by atoms with Crippen LogP contribution in [0.25, 0.3) is 0 Å². The average Bonchev–Trinajstić information content (AvgIpc) is 0.992. The van der Waals surface area contributed by atoms with Crippen molar-refractivity contribution >= 4 is 39.5 Å². The zero-order valence-corrected chi connectivity index (χ0v) is 66.6. The number of carbonyl (C=O) groups excluding carboxylic acids is 4. The molecule has 17 nitrogen and oxygen atoms in total. The van der Waals surface area contributed by atoms with E-state index < -0.39 is 97.5 Å². The number of aliphatic hydroxyl groups excluding tert-OH is 1. The van der Waals surface area contributed by atoms with Crippen LogP contribution in [-0.4, -0.2) is 96.7 Å². The Morgan fingerprint density at radius 1 is 0.293 bits per heavy atom. The zero-order chi connectivity index (χ0) is 72.8. The molecule has 0 heterocycles. The molecule has 0 saturated heterocycles. The maximum absolute atomic E-state index is 13.1. The summed E-state index contributed by atoms with van der Waals surface area (Å²) in [7, 11) is -9.92. The first-order chi connectivity index (χ1) is 47.9. The average molecular weight is 1450 g/mol. The van der Waals surface area contributed by atoms with E-state index in [0.717, 1.165) is 102 Å². The van der Waals surface area contributed by atoms with Crippen molar-refractivity contribution in [3.63, 3.8) is 0 Å². The van der Waals surface area contributed by atoms with Gasteiger partial charge in [0.15, 0.2) is 12.2 Å². The molecule has 0 aliphatic heterocycles. The molecule has 0 saturated carbocycles. The standard InChI is InChI=1S/C80H156O17P2/c1-7-10-12-14-16-18-20-22-23-24-25-26-27-33-37-41-45-53-59-65-79(84)96-75(68-90-77(82)62-56-50-43-39-35-32-29-28-31-34-38-42-49-55-61-73(6)9-3)70-94-98(86,87)92-66-74(81)67-93-99(88,89)95-71-76(69-91-78(83)63-57-51-47-46-48-54-60-72(4)5)97-80(85)64-58-52-44-40-36-30-21-19-17-15-13-11-8-2/h72-76,81H,7-71H2,1-6H3,(H,86,87)(H,88,89)/t73?,74-,75-,76-/m1/s1. The smallest absolute Gasteiger partial charge is 0.462 e. The molecule has 588 valence electrons. The van der Waals surface area contributed by atoms with Crippen LogP contribution in [0.1, 0.15) is 420 Å². The van der Waals surface area contributed by atoms with Crippen LogP contribution in [0, 0.1) is 11.8 Å². The Balaban J connectivity index is 5.22. The van der Waals surface area contributed by atoms with E-state index in [4.69, 9.17) is 37.0 Å². The number of esters is 4. The maximum atomic E-state index is 13.1. The van der Waals surface area contributed by atoms with Gasteiger partial charge in [-0.1, -0.05) is 369 Å². The van der Waals surface area contributed by atoms with Gasteiger partial charge in [-0.3, -0.25) is 37.3 Å². The number of ether oxygens (including phenoxy) is 4. The number of hydrogen-bond donors (Lipinski definition) is 3. The first-order valence-electron chi connectivity index (χ1n) is 41.5. The molecule has 0 aromatic carbocycles. The van der Waals surface area contributed by atoms with E-state index in [2.05, 4.69) is 41.5 Å². The van der Waals surface area contributed by atoms with E-state index in [0.29, 0.717) is 31.6 Å². The van der Waals surface area contributed by atoms with E-state index in [-0.39, 0.29) is 25.7 Å². The molecule has 6 atom stereocenters. The normalized spacial score (nSPS) is 14.2. The van der Waals surface area contributed by atoms with Crippen LogP contribution in [0.4, 0.5) is 0 Å². The molecule has 0 aromatic heterocycles. The van der Waals surface area contributed by atoms with Crippen molar-refractivity contribution in [2.24, 2.45) is 11.8 Å². The SMILES string of the molecule is CCCCCCCCCCCCCCCCCCCCCC(=O)O[C@H](COC(=O)CCCCCCCCCCCCCCCCC(C)CC)COP(=O)(O)OC[C@@H](O)COP(=O)(O)OC[C@@H](COC(=O)CCCCCCCCC(C)C)OC(=O)CCCCCCCCCCCCCCC. The number of aliphatic hydroxyl groups is 1. The maximum Gasteiger partial charge on any atom is 0.472 e. The Hall–Kier alpha value is -1.94. The minimum absolute atomic E-state index is 0.107. The van der Waals surface area contributed by atoms with E-state index >= 15 is 0 Å². The minimum Gasteiger partial charge on any atom is -0.462 e. The lowest BCUT2D eigenvalue weighted by Gasteiger charge is -2.21. The lowest BCUT2D eigenvalue weighted by molar-refractivity contribution is -0.161. The molecule has 0 radical (unpaired) electrons. The largest absolute Gasteiger partial charge is 0.472 e. The highest BCUT2D eigenvalue weighted by molar-refractivity contribution is 7.47. The molecule has 0 amide bonds. The van der Waals surface area contributed by atoms with Gasteiger partial charge in [-0.2, -0.15) is 0 Å². The van der Waals surface area contributed by atoms with Crippen molar-refractivity contribution in [1.82, 2.24) is 0 Å². The Morgan fingerprint density at radius 3 is 0.768 bits per heavy atom. The molecule has 0 fully saturated rings. The summed E-state index contributed by atoms with van der Waals surface area (Å²) in [4.78, 5) is 72.9. The van der Waals surface area contributed by atoms with Gasteiger partial charge < -0.3 is 33.8 Å². The second-order valence-corrected chi connectivity index (χ2v) is 32.4. The molecule has 0 aliphatic carbocycles. The van der Waals surface area contributed by atoms with E-state index in [1.165, 1.54) is 231 Å². The first-order valence-corrected chi connectivity index (χ1v) is 44.5. The molecule has 0 aliphatic rings. The fourth-order valence-electron chi connectivity index (χ4n) is 12.3. The van der Waals surface area contributed by atoms with Gasteiger partial charge in [0.25, 0.3) is 0 Å². The van der Waals surface area contributed by atoms with Gasteiger partial charge in [0, 0.05) is 25.7 Å². The van der Waals surface area contributed by atoms with Gasteiger partial charge in [-0.15, -0.1) is 0 Å². The van der Waals surface area contributed by atoms with Crippen LogP contribution in [0.2, 0.25) is 0 Å².